The molecule has 0 saturated heterocycles. The van der Waals surface area contributed by atoms with Crippen LogP contribution < -0.4 is 22.2 Å². The number of nitriles is 4. The van der Waals surface area contributed by atoms with Gasteiger partial charge in [0.25, 0.3) is 22.2 Å². The van der Waals surface area contributed by atoms with Crippen LogP contribution in [-0.4, -0.2) is 9.13 Å². The molecule has 0 amide bonds. The second-order valence-corrected chi connectivity index (χ2v) is 28.5. The zero-order valence-electron chi connectivity index (χ0n) is 51.8. The molecule has 0 N–H and O–H groups in total. The first-order chi connectivity index (χ1) is 41.1. The first kappa shape index (κ1) is 68.4. The molecule has 2 atom stereocenters. The molecule has 10 nitrogen and oxygen atoms in total. The van der Waals surface area contributed by atoms with Crippen LogP contribution in [0.1, 0.15) is 304 Å². The smallest absolute Gasteiger partial charge is 0.262 e. The summed E-state index contributed by atoms with van der Waals surface area (Å²) in [4.78, 5) is 63.5. The Morgan fingerprint density at radius 1 is 0.286 bits per heavy atom. The average molecular weight is 1220 g/mol. The van der Waals surface area contributed by atoms with Crippen molar-refractivity contribution in [3.63, 3.8) is 0 Å². The van der Waals surface area contributed by atoms with Crippen LogP contribution in [0.15, 0.2) is 19.2 Å². The molecule has 4 heterocycles. The van der Waals surface area contributed by atoms with E-state index in [0.717, 1.165) is 148 Å². The van der Waals surface area contributed by atoms with Gasteiger partial charge in [-0.05, 0) is 37.5 Å². The second kappa shape index (κ2) is 37.8. The van der Waals surface area contributed by atoms with Crippen LogP contribution >= 0.6 is 45.3 Å². The lowest BCUT2D eigenvalue weighted by atomic mass is 9.92. The fourth-order valence-electron chi connectivity index (χ4n) is 13.0. The topological polar surface area (TPSA) is 173 Å². The molecule has 2 unspecified atom stereocenters. The first-order valence-electron chi connectivity index (χ1n) is 33.4. The molecule has 14 heteroatoms. The zero-order valence-corrected chi connectivity index (χ0v) is 55.1. The van der Waals surface area contributed by atoms with Crippen molar-refractivity contribution in [3.8, 4) is 24.3 Å². The van der Waals surface area contributed by atoms with Crippen molar-refractivity contribution >= 4 is 96.5 Å². The maximum absolute atomic E-state index is 15.8. The lowest BCUT2D eigenvalue weighted by molar-refractivity contribution is 0.350. The standard InChI is InChI=1S/C70H98N6O4S4/c1-5-9-13-17-21-25-27-31-35-39-43-51(41-37-33-29-23-19-15-11-7-3)49-75-67(77)59-57-58-61(65-63(59)81-53(45-71)55(47-73)83-65)69(79)76(70(80)62(58)66-64(60(57)68(75)78)82-54(46-72)56(48-74)84-66)50-52(42-38-34-30-24-20-16-12-8-4)44-40-36-32-28-26-22-18-14-10-6-2/h51-52H,5-44,49-50H2,1-4H3. The lowest BCUT2D eigenvalue weighted by Gasteiger charge is -2.22. The number of pyridine rings is 2. The first-order valence-corrected chi connectivity index (χ1v) is 36.7. The van der Waals surface area contributed by atoms with E-state index in [9.17, 15) is 21.0 Å². The zero-order chi connectivity index (χ0) is 60.1. The van der Waals surface area contributed by atoms with Crippen molar-refractivity contribution in [2.45, 2.75) is 298 Å². The van der Waals surface area contributed by atoms with E-state index in [-0.39, 0.29) is 76.8 Å². The molecule has 0 spiro atoms. The summed E-state index contributed by atoms with van der Waals surface area (Å²) in [5.41, 5.74) is -2.16. The van der Waals surface area contributed by atoms with Gasteiger partial charge in [0.2, 0.25) is 0 Å². The van der Waals surface area contributed by atoms with Crippen molar-refractivity contribution < 1.29 is 0 Å². The van der Waals surface area contributed by atoms with Gasteiger partial charge in [0.1, 0.15) is 43.8 Å². The number of nitrogens with zero attached hydrogens (tertiary/aromatic N) is 6. The maximum Gasteiger partial charge on any atom is 0.262 e. The number of unbranched alkanes of at least 4 members (excludes halogenated alkanes) is 32. The number of rotatable bonds is 44. The fraction of sp³-hybridized carbons (Fsp3) is 0.686. The minimum Gasteiger partial charge on any atom is -0.274 e. The molecule has 456 valence electrons. The Morgan fingerprint density at radius 3 is 0.643 bits per heavy atom. The molecule has 0 aliphatic heterocycles. The highest BCUT2D eigenvalue weighted by atomic mass is 32.1. The molecule has 84 heavy (non-hydrogen) atoms. The van der Waals surface area contributed by atoms with Gasteiger partial charge >= 0.3 is 0 Å². The van der Waals surface area contributed by atoms with Crippen LogP contribution in [0.3, 0.4) is 0 Å². The molecule has 0 bridgehead atoms. The third-order valence-corrected chi connectivity index (χ3v) is 22.8. The van der Waals surface area contributed by atoms with E-state index < -0.39 is 22.2 Å². The monoisotopic (exact) mass is 1210 g/mol. The third kappa shape index (κ3) is 18.7. The van der Waals surface area contributed by atoms with Crippen LogP contribution in [0.2, 0.25) is 0 Å². The molecular weight excluding hydrogens is 1120 g/mol. The summed E-state index contributed by atoms with van der Waals surface area (Å²) in [5, 5.41) is 43.3. The predicted molar refractivity (Wildman–Crippen MR) is 360 cm³/mol. The van der Waals surface area contributed by atoms with Gasteiger partial charge in [-0.2, -0.15) is 21.0 Å². The van der Waals surface area contributed by atoms with E-state index in [1.54, 1.807) is 0 Å². The van der Waals surface area contributed by atoms with E-state index in [1.165, 1.54) is 163 Å². The molecule has 2 aromatic carbocycles. The number of benzene rings is 2. The number of fused-ring (bicyclic) bond motifs is 6. The highest BCUT2D eigenvalue weighted by Crippen LogP contribution is 2.47. The Bertz CT molecular complexity index is 3060. The van der Waals surface area contributed by atoms with E-state index in [4.69, 9.17) is 0 Å². The molecular formula is C70H98N6O4S4. The normalized spacial score (nSPS) is 12.4. The van der Waals surface area contributed by atoms with Gasteiger partial charge in [0.15, 0.2) is 0 Å². The van der Waals surface area contributed by atoms with Gasteiger partial charge < -0.3 is 0 Å². The molecule has 0 fully saturated rings. The fourth-order valence-corrected chi connectivity index (χ4v) is 17.5. The van der Waals surface area contributed by atoms with Crippen LogP contribution in [-0.2, 0) is 13.1 Å². The predicted octanol–water partition coefficient (Wildman–Crippen LogP) is 21.1. The summed E-state index contributed by atoms with van der Waals surface area (Å²) in [7, 11) is 0. The molecule has 0 aliphatic rings. The van der Waals surface area contributed by atoms with E-state index >= 15 is 19.2 Å². The second-order valence-electron chi connectivity index (χ2n) is 24.4. The van der Waals surface area contributed by atoms with Crippen LogP contribution in [0.5, 0.6) is 0 Å². The average Bonchev–Trinajstić information content (AvgIpc) is 0.728. The van der Waals surface area contributed by atoms with Crippen molar-refractivity contribution in [1.82, 2.24) is 9.13 Å². The Kier molecular flexibility index (Phi) is 30.8. The molecule has 6 aromatic rings. The quantitative estimate of drug-likeness (QED) is 0.0206. The lowest BCUT2D eigenvalue weighted by Crippen LogP contribution is -2.38. The summed E-state index contributed by atoms with van der Waals surface area (Å²) in [6.45, 7) is 9.31. The van der Waals surface area contributed by atoms with Crippen LogP contribution in [0.4, 0.5) is 0 Å². The van der Waals surface area contributed by atoms with Crippen LogP contribution in [0.25, 0.3) is 51.1 Å². The SMILES string of the molecule is CCCCCCCCCCCCC(CCCCCCCCCC)Cn1c(=O)c2c3sc(C#N)c(C#N)sc3c3c(=O)n(CC(CCCCCCCCCC)CCCCCCCCCCCC)c(=O)c4c5sc(C#N)c(C#N)sc5c(c1=O)c2c34. The minimum absolute atomic E-state index is 0.0208. The Morgan fingerprint density at radius 2 is 0.464 bits per heavy atom. The third-order valence-electron chi connectivity index (χ3n) is 17.8. The molecule has 0 radical (unpaired) electrons. The van der Waals surface area contributed by atoms with Crippen molar-refractivity contribution in [2.75, 3.05) is 0 Å². The number of hydrogen-bond acceptors (Lipinski definition) is 12. The summed E-state index contributed by atoms with van der Waals surface area (Å²) in [5.74, 6) is 0.0417. The minimum atomic E-state index is -0.539. The maximum atomic E-state index is 15.8. The number of aromatic nitrogens is 2. The van der Waals surface area contributed by atoms with Crippen molar-refractivity contribution in [2.24, 2.45) is 11.8 Å². The Balaban J connectivity index is 1.50. The Labute approximate surface area is 517 Å². The van der Waals surface area contributed by atoms with Gasteiger partial charge in [-0.15, -0.1) is 45.3 Å². The van der Waals surface area contributed by atoms with Gasteiger partial charge in [0, 0.05) is 23.9 Å². The van der Waals surface area contributed by atoms with Gasteiger partial charge in [-0.25, -0.2) is 0 Å². The van der Waals surface area contributed by atoms with E-state index in [1.807, 2.05) is 0 Å². The Hall–Kier alpha value is -4.70. The highest BCUT2D eigenvalue weighted by Gasteiger charge is 2.31. The largest absolute Gasteiger partial charge is 0.274 e. The van der Waals surface area contributed by atoms with Gasteiger partial charge in [-0.3, -0.25) is 28.3 Å². The van der Waals surface area contributed by atoms with E-state index in [2.05, 4.69) is 52.0 Å². The highest BCUT2D eigenvalue weighted by molar-refractivity contribution is 7.32. The van der Waals surface area contributed by atoms with Crippen molar-refractivity contribution in [1.29, 1.82) is 21.0 Å². The van der Waals surface area contributed by atoms with Gasteiger partial charge in [0.05, 0.1) is 40.3 Å². The summed E-state index contributed by atoms with van der Waals surface area (Å²) in [6.07, 6.45) is 46.2. The summed E-state index contributed by atoms with van der Waals surface area (Å²) < 4.78 is 4.10. The molecule has 0 saturated carbocycles. The molecule has 0 aliphatic carbocycles. The van der Waals surface area contributed by atoms with Crippen LogP contribution in [0, 0.1) is 57.2 Å². The summed E-state index contributed by atoms with van der Waals surface area (Å²) >= 11 is 3.97. The van der Waals surface area contributed by atoms with Crippen molar-refractivity contribution in [3.05, 3.63) is 60.9 Å². The molecule has 4 aromatic heterocycles. The molecule has 6 rings (SSSR count). The number of hydrogen-bond donors (Lipinski definition) is 0. The summed E-state index contributed by atoms with van der Waals surface area (Å²) in [6, 6.07) is 8.80. The van der Waals surface area contributed by atoms with E-state index in [0.29, 0.717) is 18.8 Å². The van der Waals surface area contributed by atoms with Gasteiger partial charge in [-0.1, -0.05) is 259 Å².